The molecular formula is C15H30N4. The van der Waals surface area contributed by atoms with Crippen molar-refractivity contribution < 1.29 is 0 Å². The Kier molecular flexibility index (Phi) is 8.47. The third-order valence-electron chi connectivity index (χ3n) is 3.61. The number of hydrogen-bond acceptors (Lipinski definition) is 3. The Bertz CT molecular complexity index is 322. The molecule has 19 heavy (non-hydrogen) atoms. The number of rotatable bonds is 11. The molecule has 1 atom stereocenters. The highest BCUT2D eigenvalue weighted by Crippen LogP contribution is 2.09. The van der Waals surface area contributed by atoms with Crippen molar-refractivity contribution in [2.24, 2.45) is 7.05 Å². The SMILES string of the molecule is CCCCCCCCCCNC(C)c1nncn1C. The van der Waals surface area contributed by atoms with Crippen LogP contribution < -0.4 is 5.32 Å². The number of nitrogens with zero attached hydrogens (tertiary/aromatic N) is 3. The van der Waals surface area contributed by atoms with Gasteiger partial charge in [0, 0.05) is 7.05 Å². The van der Waals surface area contributed by atoms with Gasteiger partial charge in [-0.15, -0.1) is 10.2 Å². The van der Waals surface area contributed by atoms with Crippen molar-refractivity contribution in [3.05, 3.63) is 12.2 Å². The van der Waals surface area contributed by atoms with Crippen LogP contribution in [0.5, 0.6) is 0 Å². The molecule has 1 N–H and O–H groups in total. The van der Waals surface area contributed by atoms with Gasteiger partial charge in [0.2, 0.25) is 0 Å². The largest absolute Gasteiger partial charge is 0.319 e. The Morgan fingerprint density at radius 2 is 1.74 bits per heavy atom. The molecule has 0 amide bonds. The molecule has 0 bridgehead atoms. The van der Waals surface area contributed by atoms with E-state index in [2.05, 4.69) is 29.4 Å². The van der Waals surface area contributed by atoms with Crippen molar-refractivity contribution in [3.63, 3.8) is 0 Å². The molecule has 1 rings (SSSR count). The molecule has 1 heterocycles. The van der Waals surface area contributed by atoms with E-state index in [-0.39, 0.29) is 6.04 Å². The summed E-state index contributed by atoms with van der Waals surface area (Å²) in [5.74, 6) is 1.01. The van der Waals surface area contributed by atoms with E-state index in [1.165, 1.54) is 51.4 Å². The summed E-state index contributed by atoms with van der Waals surface area (Å²) in [5, 5.41) is 11.5. The smallest absolute Gasteiger partial charge is 0.149 e. The summed E-state index contributed by atoms with van der Waals surface area (Å²) in [7, 11) is 1.99. The molecule has 0 spiro atoms. The van der Waals surface area contributed by atoms with Crippen molar-refractivity contribution in [3.8, 4) is 0 Å². The van der Waals surface area contributed by atoms with Crippen LogP contribution in [0.4, 0.5) is 0 Å². The fourth-order valence-corrected chi connectivity index (χ4v) is 2.35. The zero-order chi connectivity index (χ0) is 13.9. The van der Waals surface area contributed by atoms with Gasteiger partial charge < -0.3 is 9.88 Å². The van der Waals surface area contributed by atoms with Gasteiger partial charge in [-0.1, -0.05) is 51.9 Å². The van der Waals surface area contributed by atoms with Crippen LogP contribution >= 0.6 is 0 Å². The fraction of sp³-hybridized carbons (Fsp3) is 0.867. The first-order chi connectivity index (χ1) is 9.25. The molecular weight excluding hydrogens is 236 g/mol. The quantitative estimate of drug-likeness (QED) is 0.622. The number of hydrogen-bond donors (Lipinski definition) is 1. The van der Waals surface area contributed by atoms with Gasteiger partial charge in [0.25, 0.3) is 0 Å². The maximum Gasteiger partial charge on any atom is 0.149 e. The Hall–Kier alpha value is -0.900. The average molecular weight is 266 g/mol. The maximum absolute atomic E-state index is 4.12. The zero-order valence-electron chi connectivity index (χ0n) is 12.9. The Morgan fingerprint density at radius 3 is 2.32 bits per heavy atom. The molecule has 4 heteroatoms. The highest BCUT2D eigenvalue weighted by molar-refractivity contribution is 4.91. The summed E-state index contributed by atoms with van der Waals surface area (Å²) < 4.78 is 1.98. The number of nitrogens with one attached hydrogen (secondary N) is 1. The van der Waals surface area contributed by atoms with Crippen LogP contribution in [-0.4, -0.2) is 21.3 Å². The number of aryl methyl sites for hydroxylation is 1. The first-order valence-corrected chi connectivity index (χ1v) is 7.83. The minimum atomic E-state index is 0.289. The summed E-state index contributed by atoms with van der Waals surface area (Å²) in [5.41, 5.74) is 0. The van der Waals surface area contributed by atoms with Crippen molar-refractivity contribution in [2.75, 3.05) is 6.54 Å². The summed E-state index contributed by atoms with van der Waals surface area (Å²) >= 11 is 0. The molecule has 0 saturated heterocycles. The van der Waals surface area contributed by atoms with E-state index in [1.807, 2.05) is 11.6 Å². The minimum Gasteiger partial charge on any atom is -0.319 e. The van der Waals surface area contributed by atoms with E-state index in [4.69, 9.17) is 0 Å². The molecule has 1 aromatic heterocycles. The van der Waals surface area contributed by atoms with Gasteiger partial charge in [-0.3, -0.25) is 0 Å². The molecule has 0 radical (unpaired) electrons. The summed E-state index contributed by atoms with van der Waals surface area (Å²) in [4.78, 5) is 0. The monoisotopic (exact) mass is 266 g/mol. The number of unbranched alkanes of at least 4 members (excludes halogenated alkanes) is 7. The fourth-order valence-electron chi connectivity index (χ4n) is 2.35. The molecule has 110 valence electrons. The van der Waals surface area contributed by atoms with Gasteiger partial charge in [0.15, 0.2) is 0 Å². The summed E-state index contributed by atoms with van der Waals surface area (Å²) in [6.45, 7) is 5.49. The molecule has 0 aliphatic heterocycles. The highest BCUT2D eigenvalue weighted by Gasteiger charge is 2.09. The zero-order valence-corrected chi connectivity index (χ0v) is 12.9. The molecule has 0 fully saturated rings. The second-order valence-electron chi connectivity index (χ2n) is 5.45. The van der Waals surface area contributed by atoms with E-state index in [0.29, 0.717) is 0 Å². The summed E-state index contributed by atoms with van der Waals surface area (Å²) in [6.07, 6.45) is 12.7. The maximum atomic E-state index is 4.12. The molecule has 0 aliphatic carbocycles. The van der Waals surface area contributed by atoms with Gasteiger partial charge in [-0.25, -0.2) is 0 Å². The molecule has 1 aromatic rings. The van der Waals surface area contributed by atoms with Gasteiger partial charge in [-0.2, -0.15) is 0 Å². The van der Waals surface area contributed by atoms with Gasteiger partial charge in [0.1, 0.15) is 12.2 Å². The van der Waals surface area contributed by atoms with E-state index in [9.17, 15) is 0 Å². The lowest BCUT2D eigenvalue weighted by atomic mass is 10.1. The van der Waals surface area contributed by atoms with Crippen LogP contribution in [0.25, 0.3) is 0 Å². The van der Waals surface area contributed by atoms with Crippen LogP contribution in [0.3, 0.4) is 0 Å². The minimum absolute atomic E-state index is 0.289. The Morgan fingerprint density at radius 1 is 1.11 bits per heavy atom. The van der Waals surface area contributed by atoms with Crippen molar-refractivity contribution in [2.45, 2.75) is 71.3 Å². The first-order valence-electron chi connectivity index (χ1n) is 7.83. The Balaban J connectivity index is 1.95. The third-order valence-corrected chi connectivity index (χ3v) is 3.61. The van der Waals surface area contributed by atoms with Gasteiger partial charge in [-0.05, 0) is 19.9 Å². The van der Waals surface area contributed by atoms with Crippen LogP contribution in [-0.2, 0) is 7.05 Å². The van der Waals surface area contributed by atoms with E-state index in [0.717, 1.165) is 12.4 Å². The molecule has 4 nitrogen and oxygen atoms in total. The topological polar surface area (TPSA) is 42.7 Å². The molecule has 0 saturated carbocycles. The lowest BCUT2D eigenvalue weighted by Crippen LogP contribution is -2.22. The van der Waals surface area contributed by atoms with Gasteiger partial charge >= 0.3 is 0 Å². The lowest BCUT2D eigenvalue weighted by molar-refractivity contribution is 0.498. The van der Waals surface area contributed by atoms with Crippen LogP contribution in [0, 0.1) is 0 Å². The van der Waals surface area contributed by atoms with Crippen molar-refractivity contribution >= 4 is 0 Å². The van der Waals surface area contributed by atoms with E-state index >= 15 is 0 Å². The summed E-state index contributed by atoms with van der Waals surface area (Å²) in [6, 6.07) is 0.289. The standard InChI is InChI=1S/C15H30N4/c1-4-5-6-7-8-9-10-11-12-16-14(2)15-18-17-13-19(15)3/h13-14,16H,4-12H2,1-3H3. The van der Waals surface area contributed by atoms with E-state index in [1.54, 1.807) is 6.33 Å². The first kappa shape index (κ1) is 16.2. The van der Waals surface area contributed by atoms with Crippen molar-refractivity contribution in [1.82, 2.24) is 20.1 Å². The normalized spacial score (nSPS) is 12.8. The number of aromatic nitrogens is 3. The molecule has 1 unspecified atom stereocenters. The Labute approximate surface area is 118 Å². The lowest BCUT2D eigenvalue weighted by Gasteiger charge is -2.12. The second kappa shape index (κ2) is 9.96. The highest BCUT2D eigenvalue weighted by atomic mass is 15.3. The average Bonchev–Trinajstić information content (AvgIpc) is 2.83. The third kappa shape index (κ3) is 6.71. The predicted octanol–water partition coefficient (Wildman–Crippen LogP) is 3.61. The van der Waals surface area contributed by atoms with Crippen molar-refractivity contribution in [1.29, 1.82) is 0 Å². The van der Waals surface area contributed by atoms with E-state index < -0.39 is 0 Å². The van der Waals surface area contributed by atoms with Crippen LogP contribution in [0.15, 0.2) is 6.33 Å². The molecule has 0 aliphatic rings. The van der Waals surface area contributed by atoms with Gasteiger partial charge in [0.05, 0.1) is 6.04 Å². The molecule has 0 aromatic carbocycles. The van der Waals surface area contributed by atoms with Crippen LogP contribution in [0.2, 0.25) is 0 Å². The predicted molar refractivity (Wildman–Crippen MR) is 80.0 cm³/mol. The second-order valence-corrected chi connectivity index (χ2v) is 5.45. The van der Waals surface area contributed by atoms with Crippen LogP contribution in [0.1, 0.15) is 77.1 Å².